The number of nitrogens with zero attached hydrogens (tertiary/aromatic N) is 2. The maximum atomic E-state index is 15.1. The zero-order valence-corrected chi connectivity index (χ0v) is 23.2. The fourth-order valence-electron chi connectivity index (χ4n) is 4.79. The number of halogens is 4. The van der Waals surface area contributed by atoms with Crippen LogP contribution in [0, 0.1) is 23.1 Å². The molecule has 218 valence electrons. The Morgan fingerprint density at radius 2 is 1.86 bits per heavy atom. The van der Waals surface area contributed by atoms with E-state index in [-0.39, 0.29) is 23.8 Å². The summed E-state index contributed by atoms with van der Waals surface area (Å²) in [6, 6.07) is 20.4. The first kappa shape index (κ1) is 30.5. The molecular formula is C33H32F4N4O. The standard InChI is InChI=1S/C33H32F4N4O/c1-21(33(35,36)37)15-31(41(2)27-8-4-6-24(17-27)20-39)32(42)40-30-18-26(12-14-29(30)34)28(13-11-22-9-10-22)25-7-3-5-23(16-25)19-38/h3-8,12,14-18,22,28H,1,9-11,13,20,39H2,2H3,(H,40,42)/b31-15-. The number of hydrogen-bond donors (Lipinski definition) is 2. The van der Waals surface area contributed by atoms with E-state index in [4.69, 9.17) is 5.73 Å². The van der Waals surface area contributed by atoms with Gasteiger partial charge in [0.2, 0.25) is 0 Å². The molecule has 1 amide bonds. The van der Waals surface area contributed by atoms with Crippen LogP contribution in [-0.2, 0) is 11.3 Å². The first-order valence-electron chi connectivity index (χ1n) is 13.6. The third-order valence-electron chi connectivity index (χ3n) is 7.42. The zero-order chi connectivity index (χ0) is 30.4. The van der Waals surface area contributed by atoms with E-state index >= 15 is 4.39 Å². The largest absolute Gasteiger partial charge is 0.415 e. The van der Waals surface area contributed by atoms with Crippen molar-refractivity contribution in [3.8, 4) is 6.07 Å². The molecule has 0 bridgehead atoms. The first-order valence-corrected chi connectivity index (χ1v) is 13.6. The molecule has 5 nitrogen and oxygen atoms in total. The van der Waals surface area contributed by atoms with E-state index in [1.54, 1.807) is 48.5 Å². The molecular weight excluding hydrogens is 544 g/mol. The molecule has 42 heavy (non-hydrogen) atoms. The first-order chi connectivity index (χ1) is 20.0. The number of carbonyl (C=O) groups is 1. The Kier molecular flexibility index (Phi) is 9.48. The average Bonchev–Trinajstić information content (AvgIpc) is 3.81. The molecule has 1 aliphatic carbocycles. The van der Waals surface area contributed by atoms with E-state index < -0.39 is 23.5 Å². The van der Waals surface area contributed by atoms with Crippen LogP contribution in [0.15, 0.2) is 90.7 Å². The number of nitrogens with one attached hydrogen (secondary N) is 1. The van der Waals surface area contributed by atoms with Crippen molar-refractivity contribution >= 4 is 17.3 Å². The van der Waals surface area contributed by atoms with Gasteiger partial charge in [-0.3, -0.25) is 4.79 Å². The van der Waals surface area contributed by atoms with Gasteiger partial charge in [0.15, 0.2) is 0 Å². The average molecular weight is 577 g/mol. The van der Waals surface area contributed by atoms with Gasteiger partial charge in [0.1, 0.15) is 11.5 Å². The van der Waals surface area contributed by atoms with Gasteiger partial charge in [0.05, 0.1) is 22.9 Å². The molecule has 0 aliphatic heterocycles. The number of benzene rings is 3. The van der Waals surface area contributed by atoms with Crippen LogP contribution in [0.3, 0.4) is 0 Å². The number of hydrogen-bond acceptors (Lipinski definition) is 4. The lowest BCUT2D eigenvalue weighted by Crippen LogP contribution is -2.29. The number of nitriles is 1. The minimum atomic E-state index is -4.77. The second-order valence-corrected chi connectivity index (χ2v) is 10.5. The lowest BCUT2D eigenvalue weighted by molar-refractivity contribution is -0.113. The summed E-state index contributed by atoms with van der Waals surface area (Å²) in [5, 5.41) is 11.9. The van der Waals surface area contributed by atoms with E-state index in [9.17, 15) is 23.2 Å². The maximum Gasteiger partial charge on any atom is 0.415 e. The van der Waals surface area contributed by atoms with Gasteiger partial charge in [-0.1, -0.05) is 49.8 Å². The molecule has 0 heterocycles. The van der Waals surface area contributed by atoms with Crippen LogP contribution in [0.1, 0.15) is 53.9 Å². The number of rotatable bonds is 11. The predicted molar refractivity (Wildman–Crippen MR) is 156 cm³/mol. The highest BCUT2D eigenvalue weighted by atomic mass is 19.4. The Morgan fingerprint density at radius 3 is 2.52 bits per heavy atom. The van der Waals surface area contributed by atoms with Crippen molar-refractivity contribution < 1.29 is 22.4 Å². The molecule has 0 radical (unpaired) electrons. The molecule has 1 fully saturated rings. The summed E-state index contributed by atoms with van der Waals surface area (Å²) in [5.41, 5.74) is 7.17. The molecule has 0 spiro atoms. The number of likely N-dealkylation sites (N-methyl/N-ethyl adjacent to an activating group) is 1. The molecule has 1 unspecified atom stereocenters. The molecule has 3 aromatic rings. The number of alkyl halides is 3. The summed E-state index contributed by atoms with van der Waals surface area (Å²) < 4.78 is 55.4. The highest BCUT2D eigenvalue weighted by molar-refractivity contribution is 6.06. The van der Waals surface area contributed by atoms with Gasteiger partial charge >= 0.3 is 6.18 Å². The van der Waals surface area contributed by atoms with Crippen LogP contribution < -0.4 is 16.0 Å². The number of allylic oxidation sites excluding steroid dienone is 2. The van der Waals surface area contributed by atoms with Gasteiger partial charge in [-0.25, -0.2) is 4.39 Å². The van der Waals surface area contributed by atoms with Gasteiger partial charge < -0.3 is 16.0 Å². The van der Waals surface area contributed by atoms with Crippen molar-refractivity contribution in [1.29, 1.82) is 5.26 Å². The van der Waals surface area contributed by atoms with Gasteiger partial charge in [-0.15, -0.1) is 0 Å². The Balaban J connectivity index is 1.69. The molecule has 1 atom stereocenters. The van der Waals surface area contributed by atoms with Crippen LogP contribution >= 0.6 is 0 Å². The van der Waals surface area contributed by atoms with Crippen LogP contribution in [0.25, 0.3) is 0 Å². The molecule has 3 aromatic carbocycles. The van der Waals surface area contributed by atoms with Crippen molar-refractivity contribution in [2.75, 3.05) is 17.3 Å². The van der Waals surface area contributed by atoms with Crippen molar-refractivity contribution in [3.63, 3.8) is 0 Å². The van der Waals surface area contributed by atoms with E-state index in [1.165, 1.54) is 24.1 Å². The third kappa shape index (κ3) is 7.65. The summed E-state index contributed by atoms with van der Waals surface area (Å²) in [4.78, 5) is 14.8. The van der Waals surface area contributed by atoms with Crippen LogP contribution in [0.2, 0.25) is 0 Å². The predicted octanol–water partition coefficient (Wildman–Crippen LogP) is 7.56. The van der Waals surface area contributed by atoms with Gasteiger partial charge in [-0.2, -0.15) is 18.4 Å². The quantitative estimate of drug-likeness (QED) is 0.140. The van der Waals surface area contributed by atoms with Crippen molar-refractivity contribution in [3.05, 3.63) is 119 Å². The highest BCUT2D eigenvalue weighted by Gasteiger charge is 2.32. The highest BCUT2D eigenvalue weighted by Crippen LogP contribution is 2.39. The van der Waals surface area contributed by atoms with E-state index in [1.807, 2.05) is 6.07 Å². The summed E-state index contributed by atoms with van der Waals surface area (Å²) in [7, 11) is 1.44. The van der Waals surface area contributed by atoms with Crippen molar-refractivity contribution in [2.24, 2.45) is 11.7 Å². The molecule has 1 aliphatic rings. The van der Waals surface area contributed by atoms with Crippen LogP contribution in [0.5, 0.6) is 0 Å². The Bertz CT molecular complexity index is 1540. The number of anilines is 2. The lowest BCUT2D eigenvalue weighted by atomic mass is 9.86. The lowest BCUT2D eigenvalue weighted by Gasteiger charge is -2.24. The van der Waals surface area contributed by atoms with Gasteiger partial charge in [-0.05, 0) is 77.9 Å². The molecule has 9 heteroatoms. The second kappa shape index (κ2) is 13.0. The summed E-state index contributed by atoms with van der Waals surface area (Å²) in [5.74, 6) is -1.22. The fraction of sp³-hybridized carbons (Fsp3) is 0.273. The minimum Gasteiger partial charge on any atom is -0.340 e. The molecule has 1 saturated carbocycles. The van der Waals surface area contributed by atoms with E-state index in [0.717, 1.165) is 36.8 Å². The fourth-order valence-corrected chi connectivity index (χ4v) is 4.79. The monoisotopic (exact) mass is 576 g/mol. The second-order valence-electron chi connectivity index (χ2n) is 10.5. The maximum absolute atomic E-state index is 15.1. The molecule has 0 saturated heterocycles. The van der Waals surface area contributed by atoms with E-state index in [0.29, 0.717) is 28.8 Å². The third-order valence-corrected chi connectivity index (χ3v) is 7.42. The molecule has 3 N–H and O–H groups in total. The Labute approximate surface area is 243 Å². The summed E-state index contributed by atoms with van der Waals surface area (Å²) in [6.45, 7) is 3.28. The SMILES string of the molecule is C=C(/C=C(/C(=O)Nc1cc(C(CCC2CC2)c2cccc(C#N)c2)ccc1F)N(C)c1cccc(CN)c1)C(F)(F)F. The summed E-state index contributed by atoms with van der Waals surface area (Å²) >= 11 is 0. The van der Waals surface area contributed by atoms with E-state index in [2.05, 4.69) is 18.0 Å². The minimum absolute atomic E-state index is 0.169. The summed E-state index contributed by atoms with van der Waals surface area (Å²) in [6.07, 6.45) is -0.0954. The number of nitrogens with two attached hydrogens (primary N) is 1. The van der Waals surface area contributed by atoms with Gasteiger partial charge in [0, 0.05) is 25.2 Å². The number of carbonyl (C=O) groups excluding carboxylic acids is 1. The topological polar surface area (TPSA) is 82.2 Å². The zero-order valence-electron chi connectivity index (χ0n) is 23.2. The van der Waals surface area contributed by atoms with Crippen molar-refractivity contribution in [2.45, 2.75) is 44.3 Å². The normalized spacial score (nSPS) is 14.2. The van der Waals surface area contributed by atoms with Crippen LogP contribution in [-0.4, -0.2) is 19.1 Å². The number of amides is 1. The van der Waals surface area contributed by atoms with Crippen molar-refractivity contribution in [1.82, 2.24) is 0 Å². The smallest absolute Gasteiger partial charge is 0.340 e. The Hall–Kier alpha value is -4.42. The molecule has 4 rings (SSSR count). The van der Waals surface area contributed by atoms with Crippen LogP contribution in [0.4, 0.5) is 28.9 Å². The molecule has 0 aromatic heterocycles. The Morgan fingerprint density at radius 1 is 1.14 bits per heavy atom. The van der Waals surface area contributed by atoms with Gasteiger partial charge in [0.25, 0.3) is 5.91 Å².